The molecule has 0 amide bonds. The maximum Gasteiger partial charge on any atom is 0.131 e. The topological polar surface area (TPSA) is 29.9 Å². The molecule has 2 rings (SSSR count). The fraction of sp³-hybridized carbons (Fsp3) is 0.750. The van der Waals surface area contributed by atoms with E-state index in [1.54, 1.807) is 4.68 Å². The maximum atomic E-state index is 6.23. The van der Waals surface area contributed by atoms with E-state index in [0.29, 0.717) is 6.04 Å². The van der Waals surface area contributed by atoms with Gasteiger partial charge in [0.1, 0.15) is 5.15 Å². The standard InChI is InChI=1S/C12H20ClN3/c1-4-11-10(12(13)16(3)15-11)7-14-9-5-8(2)6-9/h8-9,14H,4-7H2,1-3H3. The van der Waals surface area contributed by atoms with Gasteiger partial charge in [-0.25, -0.2) is 0 Å². The summed E-state index contributed by atoms with van der Waals surface area (Å²) in [6, 6.07) is 0.677. The summed E-state index contributed by atoms with van der Waals surface area (Å²) in [6.45, 7) is 5.27. The van der Waals surface area contributed by atoms with Crippen LogP contribution in [0.5, 0.6) is 0 Å². The van der Waals surface area contributed by atoms with Crippen LogP contribution in [0.1, 0.15) is 37.9 Å². The number of hydrogen-bond acceptors (Lipinski definition) is 2. The summed E-state index contributed by atoms with van der Waals surface area (Å²) in [6.07, 6.45) is 3.53. The smallest absolute Gasteiger partial charge is 0.131 e. The van der Waals surface area contributed by atoms with Gasteiger partial charge in [0.05, 0.1) is 5.69 Å². The Balaban J connectivity index is 1.97. The predicted octanol–water partition coefficient (Wildman–Crippen LogP) is 2.52. The first-order valence-electron chi connectivity index (χ1n) is 6.05. The van der Waals surface area contributed by atoms with Gasteiger partial charge in [0, 0.05) is 25.2 Å². The van der Waals surface area contributed by atoms with Gasteiger partial charge < -0.3 is 5.32 Å². The first-order chi connectivity index (χ1) is 7.61. The number of nitrogens with one attached hydrogen (secondary N) is 1. The number of hydrogen-bond donors (Lipinski definition) is 1. The van der Waals surface area contributed by atoms with Gasteiger partial charge in [-0.05, 0) is 25.2 Å². The molecule has 1 N–H and O–H groups in total. The van der Waals surface area contributed by atoms with Gasteiger partial charge in [-0.3, -0.25) is 4.68 Å². The van der Waals surface area contributed by atoms with Crippen molar-refractivity contribution in [3.05, 3.63) is 16.4 Å². The normalized spacial score (nSPS) is 24.5. The molecule has 1 aromatic rings. The molecule has 1 saturated carbocycles. The Bertz CT molecular complexity index is 367. The third kappa shape index (κ3) is 2.25. The van der Waals surface area contributed by atoms with E-state index in [1.165, 1.54) is 18.4 Å². The number of rotatable bonds is 4. The molecule has 1 aromatic heterocycles. The van der Waals surface area contributed by atoms with Crippen LogP contribution in [0.2, 0.25) is 5.15 Å². The van der Waals surface area contributed by atoms with Crippen LogP contribution in [-0.4, -0.2) is 15.8 Å². The van der Waals surface area contributed by atoms with E-state index in [0.717, 1.165) is 29.7 Å². The molecule has 0 aliphatic heterocycles. The lowest BCUT2D eigenvalue weighted by Crippen LogP contribution is -2.39. The molecule has 3 nitrogen and oxygen atoms in total. The molecular weight excluding hydrogens is 222 g/mol. The molecule has 1 aliphatic carbocycles. The molecule has 90 valence electrons. The van der Waals surface area contributed by atoms with Crippen molar-refractivity contribution in [3.8, 4) is 0 Å². The molecule has 0 spiro atoms. The summed E-state index contributed by atoms with van der Waals surface area (Å²) in [5.41, 5.74) is 2.29. The monoisotopic (exact) mass is 241 g/mol. The van der Waals surface area contributed by atoms with Crippen molar-refractivity contribution in [2.75, 3.05) is 0 Å². The number of aromatic nitrogens is 2. The lowest BCUT2D eigenvalue weighted by molar-refractivity contribution is 0.240. The summed E-state index contributed by atoms with van der Waals surface area (Å²) in [4.78, 5) is 0. The Morgan fingerprint density at radius 3 is 2.75 bits per heavy atom. The molecule has 0 saturated heterocycles. The van der Waals surface area contributed by atoms with Crippen molar-refractivity contribution < 1.29 is 0 Å². The Morgan fingerprint density at radius 1 is 1.50 bits per heavy atom. The third-order valence-corrected chi connectivity index (χ3v) is 3.90. The highest BCUT2D eigenvalue weighted by Gasteiger charge is 2.25. The quantitative estimate of drug-likeness (QED) is 0.878. The van der Waals surface area contributed by atoms with Gasteiger partial charge in [-0.2, -0.15) is 5.10 Å². The predicted molar refractivity (Wildman–Crippen MR) is 66.6 cm³/mol. The van der Waals surface area contributed by atoms with Crippen LogP contribution >= 0.6 is 11.6 Å². The molecule has 0 atom stereocenters. The highest BCUT2D eigenvalue weighted by molar-refractivity contribution is 6.30. The molecule has 1 heterocycles. The highest BCUT2D eigenvalue weighted by Crippen LogP contribution is 2.27. The average molecular weight is 242 g/mol. The van der Waals surface area contributed by atoms with Gasteiger partial charge in [-0.1, -0.05) is 25.4 Å². The number of aryl methyl sites for hydroxylation is 2. The lowest BCUT2D eigenvalue weighted by atomic mass is 9.82. The first-order valence-corrected chi connectivity index (χ1v) is 6.43. The molecule has 16 heavy (non-hydrogen) atoms. The van der Waals surface area contributed by atoms with E-state index < -0.39 is 0 Å². The van der Waals surface area contributed by atoms with E-state index >= 15 is 0 Å². The van der Waals surface area contributed by atoms with Crippen LogP contribution in [0.4, 0.5) is 0 Å². The van der Waals surface area contributed by atoms with Crippen LogP contribution in [0.15, 0.2) is 0 Å². The van der Waals surface area contributed by atoms with Crippen LogP contribution < -0.4 is 5.32 Å². The second-order valence-electron chi connectivity index (χ2n) is 4.85. The minimum absolute atomic E-state index is 0.677. The molecular formula is C12H20ClN3. The van der Waals surface area contributed by atoms with Gasteiger partial charge in [0.15, 0.2) is 0 Å². The van der Waals surface area contributed by atoms with Crippen molar-refractivity contribution in [1.82, 2.24) is 15.1 Å². The van der Waals surface area contributed by atoms with Crippen LogP contribution in [0, 0.1) is 5.92 Å². The lowest BCUT2D eigenvalue weighted by Gasteiger charge is -2.33. The highest BCUT2D eigenvalue weighted by atomic mass is 35.5. The molecule has 4 heteroatoms. The number of halogens is 1. The fourth-order valence-electron chi connectivity index (χ4n) is 2.37. The Morgan fingerprint density at radius 2 is 2.19 bits per heavy atom. The van der Waals surface area contributed by atoms with Crippen molar-refractivity contribution in [3.63, 3.8) is 0 Å². The van der Waals surface area contributed by atoms with Gasteiger partial charge in [-0.15, -0.1) is 0 Å². The largest absolute Gasteiger partial charge is 0.310 e. The van der Waals surface area contributed by atoms with E-state index in [9.17, 15) is 0 Å². The Labute approximate surface area is 102 Å². The van der Waals surface area contributed by atoms with Crippen molar-refractivity contribution in [2.24, 2.45) is 13.0 Å². The maximum absolute atomic E-state index is 6.23. The van der Waals surface area contributed by atoms with Crippen molar-refractivity contribution in [2.45, 2.75) is 45.7 Å². The third-order valence-electron chi connectivity index (χ3n) is 3.43. The molecule has 0 aromatic carbocycles. The Kier molecular flexibility index (Phi) is 3.55. The SMILES string of the molecule is CCc1nn(C)c(Cl)c1CNC1CC(C)C1. The van der Waals surface area contributed by atoms with Gasteiger partial charge >= 0.3 is 0 Å². The molecule has 1 fully saturated rings. The minimum atomic E-state index is 0.677. The van der Waals surface area contributed by atoms with Crippen molar-refractivity contribution in [1.29, 1.82) is 0 Å². The first kappa shape index (κ1) is 11.9. The summed E-state index contributed by atoms with van der Waals surface area (Å²) in [7, 11) is 1.90. The summed E-state index contributed by atoms with van der Waals surface area (Å²) < 4.78 is 1.76. The average Bonchev–Trinajstić information content (AvgIpc) is 2.49. The van der Waals surface area contributed by atoms with E-state index in [2.05, 4.69) is 24.3 Å². The second kappa shape index (κ2) is 4.76. The van der Waals surface area contributed by atoms with Crippen molar-refractivity contribution >= 4 is 11.6 Å². The summed E-state index contributed by atoms with van der Waals surface area (Å²) in [5, 5.41) is 8.74. The zero-order valence-electron chi connectivity index (χ0n) is 10.3. The number of nitrogens with zero attached hydrogens (tertiary/aromatic N) is 2. The molecule has 1 aliphatic rings. The van der Waals surface area contributed by atoms with Crippen LogP contribution in [-0.2, 0) is 20.0 Å². The molecule has 0 radical (unpaired) electrons. The zero-order valence-corrected chi connectivity index (χ0v) is 11.0. The van der Waals surface area contributed by atoms with E-state index in [4.69, 9.17) is 11.6 Å². The Hall–Kier alpha value is -0.540. The molecule has 0 unspecified atom stereocenters. The van der Waals surface area contributed by atoms with Crippen LogP contribution in [0.25, 0.3) is 0 Å². The van der Waals surface area contributed by atoms with Gasteiger partial charge in [0.25, 0.3) is 0 Å². The minimum Gasteiger partial charge on any atom is -0.310 e. The van der Waals surface area contributed by atoms with Crippen LogP contribution in [0.3, 0.4) is 0 Å². The van der Waals surface area contributed by atoms with Gasteiger partial charge in [0.2, 0.25) is 0 Å². The fourth-order valence-corrected chi connectivity index (χ4v) is 2.59. The zero-order chi connectivity index (χ0) is 11.7. The summed E-state index contributed by atoms with van der Waals surface area (Å²) >= 11 is 6.23. The van der Waals surface area contributed by atoms with E-state index in [1.807, 2.05) is 7.05 Å². The summed E-state index contributed by atoms with van der Waals surface area (Å²) in [5.74, 6) is 0.882. The van der Waals surface area contributed by atoms with E-state index in [-0.39, 0.29) is 0 Å². The second-order valence-corrected chi connectivity index (χ2v) is 5.21. The molecule has 0 bridgehead atoms.